The number of unbranched alkanes of at least 4 members (excludes halogenated alkanes) is 4. The molecule has 0 heterocycles. The Bertz CT molecular complexity index is 821. The average molecular weight is 361 g/mol. The van der Waals surface area contributed by atoms with Crippen LogP contribution in [0.3, 0.4) is 0 Å². The van der Waals surface area contributed by atoms with Gasteiger partial charge in [-0.15, -0.1) is 0 Å². The smallest absolute Gasteiger partial charge is 0.390 e. The molecule has 4 heteroatoms. The third-order valence-electron chi connectivity index (χ3n) is 3.87. The molecule has 0 aromatic heterocycles. The molecular weight excluding hydrogens is 338 g/mol. The lowest BCUT2D eigenvalue weighted by atomic mass is 10.2. The van der Waals surface area contributed by atoms with Crippen LogP contribution in [0.25, 0.3) is 0 Å². The highest BCUT2D eigenvalue weighted by molar-refractivity contribution is 5.90. The molecule has 0 aliphatic rings. The highest BCUT2D eigenvalue weighted by atomic mass is 16.5. The average Bonchev–Trinajstić information content (AvgIpc) is 2.70. The molecule has 0 bridgehead atoms. The predicted molar refractivity (Wildman–Crippen MR) is 104 cm³/mol. The Kier molecular flexibility index (Phi) is 8.47. The Hall–Kier alpha value is -3.24. The summed E-state index contributed by atoms with van der Waals surface area (Å²) in [5, 5.41) is 8.74. The fourth-order valence-corrected chi connectivity index (χ4v) is 2.38. The number of carbonyl (C=O) groups is 1. The second kappa shape index (κ2) is 11.4. The van der Waals surface area contributed by atoms with Gasteiger partial charge in [-0.1, -0.05) is 38.5 Å². The standard InChI is InChI=1S/C23H23NO3/c1-2-3-4-5-6-17-26-21-12-7-19(8-13-21)11-16-23(25)27-22-14-9-20(18-24)10-15-22/h7-10,12-15H,2-6,17H2,1H3. The summed E-state index contributed by atoms with van der Waals surface area (Å²) < 4.78 is 10.8. The van der Waals surface area contributed by atoms with E-state index in [1.807, 2.05) is 30.3 Å². The van der Waals surface area contributed by atoms with Crippen LogP contribution in [0.5, 0.6) is 11.5 Å². The van der Waals surface area contributed by atoms with Gasteiger partial charge in [-0.25, -0.2) is 4.79 Å². The van der Waals surface area contributed by atoms with E-state index in [-0.39, 0.29) is 0 Å². The monoisotopic (exact) mass is 361 g/mol. The molecule has 27 heavy (non-hydrogen) atoms. The van der Waals surface area contributed by atoms with Crippen LogP contribution in [0, 0.1) is 23.2 Å². The second-order valence-electron chi connectivity index (χ2n) is 6.06. The minimum atomic E-state index is -0.646. The maximum atomic E-state index is 11.8. The zero-order chi connectivity index (χ0) is 19.3. The molecule has 0 unspecified atom stereocenters. The first-order valence-electron chi connectivity index (χ1n) is 9.18. The van der Waals surface area contributed by atoms with E-state index >= 15 is 0 Å². The summed E-state index contributed by atoms with van der Waals surface area (Å²) in [5.41, 5.74) is 1.21. The molecule has 4 nitrogen and oxygen atoms in total. The third-order valence-corrected chi connectivity index (χ3v) is 3.87. The van der Waals surface area contributed by atoms with Crippen molar-refractivity contribution in [2.75, 3.05) is 6.61 Å². The zero-order valence-electron chi connectivity index (χ0n) is 15.5. The number of nitrogens with zero attached hydrogens (tertiary/aromatic N) is 1. The summed E-state index contributed by atoms with van der Waals surface area (Å²) in [4.78, 5) is 11.8. The van der Waals surface area contributed by atoms with Crippen molar-refractivity contribution >= 4 is 5.97 Å². The number of esters is 1. The number of carbonyl (C=O) groups excluding carboxylic acids is 1. The Balaban J connectivity index is 1.78. The van der Waals surface area contributed by atoms with E-state index in [9.17, 15) is 4.79 Å². The van der Waals surface area contributed by atoms with Gasteiger partial charge in [-0.05, 0) is 55.0 Å². The largest absolute Gasteiger partial charge is 0.494 e. The fourth-order valence-electron chi connectivity index (χ4n) is 2.38. The van der Waals surface area contributed by atoms with Gasteiger partial charge in [0.25, 0.3) is 0 Å². The van der Waals surface area contributed by atoms with Crippen molar-refractivity contribution in [3.05, 3.63) is 59.7 Å². The lowest BCUT2D eigenvalue weighted by molar-refractivity contribution is -0.128. The van der Waals surface area contributed by atoms with Crippen molar-refractivity contribution in [2.45, 2.75) is 39.0 Å². The summed E-state index contributed by atoms with van der Waals surface area (Å²) in [6.45, 7) is 2.92. The van der Waals surface area contributed by atoms with Crippen molar-refractivity contribution in [1.82, 2.24) is 0 Å². The van der Waals surface area contributed by atoms with Crippen molar-refractivity contribution in [3.8, 4) is 29.4 Å². The van der Waals surface area contributed by atoms with Crippen molar-refractivity contribution in [1.29, 1.82) is 5.26 Å². The third kappa shape index (κ3) is 7.67. The van der Waals surface area contributed by atoms with Gasteiger partial charge in [0, 0.05) is 11.5 Å². The Labute approximate surface area is 160 Å². The number of ether oxygens (including phenoxy) is 2. The van der Waals surface area contributed by atoms with E-state index in [1.54, 1.807) is 24.3 Å². The first kappa shape index (κ1) is 20.1. The van der Waals surface area contributed by atoms with E-state index in [1.165, 1.54) is 25.7 Å². The van der Waals surface area contributed by atoms with Crippen LogP contribution in [0.4, 0.5) is 0 Å². The van der Waals surface area contributed by atoms with Crippen LogP contribution >= 0.6 is 0 Å². The van der Waals surface area contributed by atoms with Gasteiger partial charge in [0.05, 0.1) is 18.2 Å². The first-order chi connectivity index (χ1) is 13.2. The van der Waals surface area contributed by atoms with E-state index in [0.717, 1.165) is 12.2 Å². The molecule has 0 fully saturated rings. The molecule has 0 aliphatic carbocycles. The summed E-state index contributed by atoms with van der Waals surface area (Å²) >= 11 is 0. The van der Waals surface area contributed by atoms with Crippen LogP contribution in [-0.4, -0.2) is 12.6 Å². The maximum absolute atomic E-state index is 11.8. The van der Waals surface area contributed by atoms with Gasteiger partial charge in [0.15, 0.2) is 0 Å². The summed E-state index contributed by atoms with van der Waals surface area (Å²) in [6.07, 6.45) is 6.03. The lowest BCUT2D eigenvalue weighted by Gasteiger charge is -2.05. The van der Waals surface area contributed by atoms with Crippen molar-refractivity contribution in [2.24, 2.45) is 0 Å². The molecule has 0 saturated carbocycles. The number of rotatable bonds is 8. The highest BCUT2D eigenvalue weighted by Gasteiger charge is 2.01. The number of benzene rings is 2. The Morgan fingerprint density at radius 3 is 2.19 bits per heavy atom. The number of hydrogen-bond acceptors (Lipinski definition) is 4. The number of nitriles is 1. The van der Waals surface area contributed by atoms with Crippen molar-refractivity contribution < 1.29 is 14.3 Å². The van der Waals surface area contributed by atoms with Gasteiger partial charge in [0.1, 0.15) is 11.5 Å². The van der Waals surface area contributed by atoms with Gasteiger partial charge in [-0.3, -0.25) is 0 Å². The van der Waals surface area contributed by atoms with Gasteiger partial charge in [0.2, 0.25) is 0 Å². The van der Waals surface area contributed by atoms with Crippen LogP contribution in [0.2, 0.25) is 0 Å². The molecule has 2 aromatic rings. The molecule has 0 radical (unpaired) electrons. The molecule has 138 valence electrons. The van der Waals surface area contributed by atoms with Crippen LogP contribution in [0.1, 0.15) is 50.2 Å². The molecule has 2 aromatic carbocycles. The van der Waals surface area contributed by atoms with E-state index in [4.69, 9.17) is 14.7 Å². The molecular formula is C23H23NO3. The molecule has 0 amide bonds. The maximum Gasteiger partial charge on any atom is 0.390 e. The van der Waals surface area contributed by atoms with Crippen molar-refractivity contribution in [3.63, 3.8) is 0 Å². The van der Waals surface area contributed by atoms with E-state index in [0.29, 0.717) is 23.5 Å². The molecule has 0 atom stereocenters. The van der Waals surface area contributed by atoms with Gasteiger partial charge < -0.3 is 9.47 Å². The van der Waals surface area contributed by atoms with Crippen LogP contribution in [-0.2, 0) is 4.79 Å². The lowest BCUT2D eigenvalue weighted by Crippen LogP contribution is -2.04. The van der Waals surface area contributed by atoms with Crippen LogP contribution < -0.4 is 9.47 Å². The van der Waals surface area contributed by atoms with E-state index < -0.39 is 5.97 Å². The Morgan fingerprint density at radius 2 is 1.52 bits per heavy atom. The normalized spacial score (nSPS) is 9.63. The molecule has 2 rings (SSSR count). The minimum absolute atomic E-state index is 0.357. The quantitative estimate of drug-likeness (QED) is 0.291. The highest BCUT2D eigenvalue weighted by Crippen LogP contribution is 2.13. The Morgan fingerprint density at radius 1 is 0.889 bits per heavy atom. The SMILES string of the molecule is CCCCCCCOc1ccc(C#CC(=O)Oc2ccc(C#N)cc2)cc1. The molecule has 0 N–H and O–H groups in total. The second-order valence-corrected chi connectivity index (χ2v) is 6.06. The minimum Gasteiger partial charge on any atom is -0.494 e. The van der Waals surface area contributed by atoms with Crippen LogP contribution in [0.15, 0.2) is 48.5 Å². The fraction of sp³-hybridized carbons (Fsp3) is 0.304. The summed E-state index contributed by atoms with van der Waals surface area (Å²) in [7, 11) is 0. The summed E-state index contributed by atoms with van der Waals surface area (Å²) in [5.74, 6) is 5.74. The molecule has 0 aliphatic heterocycles. The van der Waals surface area contributed by atoms with Gasteiger partial charge in [-0.2, -0.15) is 5.26 Å². The topological polar surface area (TPSA) is 59.3 Å². The summed E-state index contributed by atoms with van der Waals surface area (Å²) in [6, 6.07) is 15.6. The number of hydrogen-bond donors (Lipinski definition) is 0. The molecule has 0 spiro atoms. The molecule has 0 saturated heterocycles. The predicted octanol–water partition coefficient (Wildman–Crippen LogP) is 4.86. The van der Waals surface area contributed by atoms with E-state index in [2.05, 4.69) is 18.8 Å². The van der Waals surface area contributed by atoms with Gasteiger partial charge >= 0.3 is 5.97 Å². The first-order valence-corrected chi connectivity index (χ1v) is 9.18. The zero-order valence-corrected chi connectivity index (χ0v) is 15.5.